The number of unbranched alkanes of at least 4 members (excludes halogenated alkanes) is 32. The molecule has 0 radical (unpaired) electrons. The fraction of sp³-hybridized carbons (Fsp3) is 0.922. The number of carbonyl (C=O) groups excluding carboxylic acids is 2. The average molecular weight is 806 g/mol. The highest BCUT2D eigenvalue weighted by Gasteiger charge is 2.24. The lowest BCUT2D eigenvalue weighted by Gasteiger charge is -2.24. The van der Waals surface area contributed by atoms with Crippen molar-refractivity contribution in [1.29, 1.82) is 0 Å². The number of amides is 1. The molecule has 0 aliphatic heterocycles. The second-order valence-corrected chi connectivity index (χ2v) is 17.6. The van der Waals surface area contributed by atoms with Gasteiger partial charge in [0.05, 0.1) is 25.2 Å². The molecule has 0 aromatic rings. The molecular formula is C51H99NO5. The Morgan fingerprint density at radius 3 is 1.26 bits per heavy atom. The van der Waals surface area contributed by atoms with E-state index in [9.17, 15) is 19.8 Å². The summed E-state index contributed by atoms with van der Waals surface area (Å²) in [6.07, 6.45) is 49.8. The van der Waals surface area contributed by atoms with E-state index < -0.39 is 18.2 Å². The zero-order valence-electron chi connectivity index (χ0n) is 38.5. The highest BCUT2D eigenvalue weighted by molar-refractivity contribution is 5.77. The Bertz CT molecular complexity index is 863. The molecule has 3 unspecified atom stereocenters. The summed E-state index contributed by atoms with van der Waals surface area (Å²) in [6.45, 7) is 6.48. The Morgan fingerprint density at radius 2 is 0.842 bits per heavy atom. The number of aliphatic hydroxyl groups excluding tert-OH is 2. The standard InChI is InChI=1S/C51H99NO5/c1-4-7-10-13-16-19-22-24-25-27-29-32-35-38-41-44-51(56)57-47(42-39-36-33-30-28-26-23-20-17-14-11-8-5-2)45-50(55)52-48(46-53)49(54)43-40-37-34-31-21-18-15-12-9-6-3/h19,22,47-49,53-54H,4-18,20-21,23-46H2,1-3H3,(H,52,55)/b22-19-. The Morgan fingerprint density at radius 1 is 0.491 bits per heavy atom. The summed E-state index contributed by atoms with van der Waals surface area (Å²) in [6, 6.07) is -0.694. The van der Waals surface area contributed by atoms with E-state index in [-0.39, 0.29) is 24.9 Å². The minimum absolute atomic E-state index is 0.0829. The van der Waals surface area contributed by atoms with Crippen molar-refractivity contribution >= 4 is 11.9 Å². The van der Waals surface area contributed by atoms with E-state index in [1.807, 2.05) is 0 Å². The Labute approximate surface area is 355 Å². The topological polar surface area (TPSA) is 95.9 Å². The van der Waals surface area contributed by atoms with Crippen molar-refractivity contribution in [3.63, 3.8) is 0 Å². The molecule has 0 aromatic heterocycles. The molecule has 6 heteroatoms. The first kappa shape index (κ1) is 55.6. The Kier molecular flexibility index (Phi) is 44.6. The SMILES string of the molecule is CCCCCC/C=C\CCCCCCCCCC(=O)OC(CCCCCCCCCCCCCCC)CC(=O)NC(CO)C(O)CCCCCCCCCCCC. The number of allylic oxidation sites excluding steroid dienone is 2. The van der Waals surface area contributed by atoms with E-state index in [2.05, 4.69) is 38.2 Å². The maximum atomic E-state index is 13.2. The number of carbonyl (C=O) groups is 2. The van der Waals surface area contributed by atoms with E-state index >= 15 is 0 Å². The van der Waals surface area contributed by atoms with Crippen molar-refractivity contribution in [2.75, 3.05) is 6.61 Å². The molecule has 0 saturated carbocycles. The smallest absolute Gasteiger partial charge is 0.306 e. The zero-order valence-corrected chi connectivity index (χ0v) is 38.5. The zero-order chi connectivity index (χ0) is 41.7. The third-order valence-electron chi connectivity index (χ3n) is 11.8. The van der Waals surface area contributed by atoms with Crippen molar-refractivity contribution in [3.05, 3.63) is 12.2 Å². The van der Waals surface area contributed by atoms with Gasteiger partial charge in [0, 0.05) is 6.42 Å². The van der Waals surface area contributed by atoms with E-state index in [4.69, 9.17) is 4.74 Å². The molecule has 0 heterocycles. The summed E-state index contributed by atoms with van der Waals surface area (Å²) in [5, 5.41) is 23.7. The lowest BCUT2D eigenvalue weighted by atomic mass is 10.0. The third kappa shape index (κ3) is 41.1. The summed E-state index contributed by atoms with van der Waals surface area (Å²) < 4.78 is 5.93. The monoisotopic (exact) mass is 806 g/mol. The van der Waals surface area contributed by atoms with Gasteiger partial charge in [0.2, 0.25) is 5.91 Å². The van der Waals surface area contributed by atoms with Gasteiger partial charge in [-0.3, -0.25) is 9.59 Å². The van der Waals surface area contributed by atoms with Crippen molar-refractivity contribution in [2.24, 2.45) is 0 Å². The van der Waals surface area contributed by atoms with Gasteiger partial charge in [-0.2, -0.15) is 0 Å². The predicted molar refractivity (Wildman–Crippen MR) is 246 cm³/mol. The normalized spacial score (nSPS) is 13.3. The van der Waals surface area contributed by atoms with Crippen molar-refractivity contribution in [3.8, 4) is 0 Å². The lowest BCUT2D eigenvalue weighted by Crippen LogP contribution is -2.46. The van der Waals surface area contributed by atoms with Crippen LogP contribution in [0.5, 0.6) is 0 Å². The molecule has 0 fully saturated rings. The van der Waals surface area contributed by atoms with Gasteiger partial charge in [-0.15, -0.1) is 0 Å². The molecule has 0 aromatic carbocycles. The highest BCUT2D eigenvalue weighted by atomic mass is 16.5. The van der Waals surface area contributed by atoms with Gasteiger partial charge in [0.15, 0.2) is 0 Å². The molecule has 57 heavy (non-hydrogen) atoms. The number of nitrogens with one attached hydrogen (secondary N) is 1. The molecule has 338 valence electrons. The Balaban J connectivity index is 4.54. The first-order valence-electron chi connectivity index (χ1n) is 25.4. The molecule has 0 spiro atoms. The number of esters is 1. The molecule has 1 amide bonds. The second kappa shape index (κ2) is 45.7. The summed E-state index contributed by atoms with van der Waals surface area (Å²) in [5.74, 6) is -0.463. The van der Waals surface area contributed by atoms with Crippen LogP contribution in [0, 0.1) is 0 Å². The van der Waals surface area contributed by atoms with Crippen molar-refractivity contribution in [2.45, 2.75) is 296 Å². The molecule has 0 rings (SSSR count). The summed E-state index contributed by atoms with van der Waals surface area (Å²) in [4.78, 5) is 26.1. The average Bonchev–Trinajstić information content (AvgIpc) is 3.20. The number of hydrogen-bond donors (Lipinski definition) is 3. The van der Waals surface area contributed by atoms with Gasteiger partial charge in [0.1, 0.15) is 6.10 Å². The number of rotatable bonds is 46. The minimum Gasteiger partial charge on any atom is -0.462 e. The van der Waals surface area contributed by atoms with Gasteiger partial charge in [-0.25, -0.2) is 0 Å². The van der Waals surface area contributed by atoms with E-state index in [0.717, 1.165) is 44.9 Å². The number of hydrogen-bond acceptors (Lipinski definition) is 5. The first-order valence-corrected chi connectivity index (χ1v) is 25.4. The van der Waals surface area contributed by atoms with Crippen LogP contribution in [0.2, 0.25) is 0 Å². The van der Waals surface area contributed by atoms with Gasteiger partial charge < -0.3 is 20.3 Å². The quantitative estimate of drug-likeness (QED) is 0.0323. The fourth-order valence-electron chi connectivity index (χ4n) is 7.96. The molecule has 0 aliphatic carbocycles. The molecule has 0 saturated heterocycles. The second-order valence-electron chi connectivity index (χ2n) is 17.6. The van der Waals surface area contributed by atoms with Gasteiger partial charge >= 0.3 is 5.97 Å². The molecule has 3 N–H and O–H groups in total. The lowest BCUT2D eigenvalue weighted by molar-refractivity contribution is -0.151. The predicted octanol–water partition coefficient (Wildman–Crippen LogP) is 15.0. The van der Waals surface area contributed by atoms with Crippen LogP contribution in [-0.4, -0.2) is 46.9 Å². The maximum Gasteiger partial charge on any atom is 0.306 e. The van der Waals surface area contributed by atoms with Crippen LogP contribution in [0.4, 0.5) is 0 Å². The largest absolute Gasteiger partial charge is 0.462 e. The minimum atomic E-state index is -0.781. The van der Waals surface area contributed by atoms with Crippen LogP contribution in [-0.2, 0) is 14.3 Å². The maximum absolute atomic E-state index is 13.2. The van der Waals surface area contributed by atoms with E-state index in [1.54, 1.807) is 0 Å². The van der Waals surface area contributed by atoms with Crippen LogP contribution >= 0.6 is 0 Å². The molecule has 0 aliphatic rings. The molecule has 6 nitrogen and oxygen atoms in total. The Hall–Kier alpha value is -1.40. The van der Waals surface area contributed by atoms with Crippen molar-refractivity contribution < 1.29 is 24.5 Å². The third-order valence-corrected chi connectivity index (χ3v) is 11.8. The van der Waals surface area contributed by atoms with E-state index in [0.29, 0.717) is 19.3 Å². The van der Waals surface area contributed by atoms with Gasteiger partial charge in [0.25, 0.3) is 0 Å². The van der Waals surface area contributed by atoms with Gasteiger partial charge in [-0.05, 0) is 51.4 Å². The van der Waals surface area contributed by atoms with E-state index in [1.165, 1.54) is 186 Å². The van der Waals surface area contributed by atoms with Gasteiger partial charge in [-0.1, -0.05) is 226 Å². The highest BCUT2D eigenvalue weighted by Crippen LogP contribution is 2.18. The fourth-order valence-corrected chi connectivity index (χ4v) is 7.96. The summed E-state index contributed by atoms with van der Waals surface area (Å²) in [7, 11) is 0. The number of ether oxygens (including phenoxy) is 1. The summed E-state index contributed by atoms with van der Waals surface area (Å²) in [5.41, 5.74) is 0. The molecular weight excluding hydrogens is 707 g/mol. The molecule has 0 bridgehead atoms. The van der Waals surface area contributed by atoms with Crippen LogP contribution < -0.4 is 5.32 Å². The van der Waals surface area contributed by atoms with Crippen LogP contribution in [0.25, 0.3) is 0 Å². The summed E-state index contributed by atoms with van der Waals surface area (Å²) >= 11 is 0. The van der Waals surface area contributed by atoms with Crippen LogP contribution in [0.15, 0.2) is 12.2 Å². The molecule has 3 atom stereocenters. The first-order chi connectivity index (χ1) is 28.0. The van der Waals surface area contributed by atoms with Crippen LogP contribution in [0.1, 0.15) is 278 Å². The van der Waals surface area contributed by atoms with Crippen molar-refractivity contribution in [1.82, 2.24) is 5.32 Å². The van der Waals surface area contributed by atoms with Crippen LogP contribution in [0.3, 0.4) is 0 Å². The number of aliphatic hydroxyl groups is 2.